The van der Waals surface area contributed by atoms with E-state index in [4.69, 9.17) is 23.5 Å². The zero-order valence-electron chi connectivity index (χ0n) is 42.7. The van der Waals surface area contributed by atoms with Gasteiger partial charge in [0.15, 0.2) is 12.1 Å². The molecule has 0 saturated carbocycles. The van der Waals surface area contributed by atoms with Gasteiger partial charge in [0.25, 0.3) is 0 Å². The minimum absolute atomic E-state index is 0.467. The van der Waals surface area contributed by atoms with Crippen LogP contribution in [0, 0.1) is 0 Å². The summed E-state index contributed by atoms with van der Waals surface area (Å²) >= 11 is 0. The van der Waals surface area contributed by atoms with Crippen molar-refractivity contribution in [1.29, 1.82) is 0 Å². The molecule has 74 heavy (non-hydrogen) atoms. The molecule has 0 spiro atoms. The number of hydrogen-bond acceptors (Lipinski definition) is 23. The van der Waals surface area contributed by atoms with E-state index in [0.29, 0.717) is 21.6 Å². The van der Waals surface area contributed by atoms with Gasteiger partial charge in [0.2, 0.25) is 34.0 Å². The Morgan fingerprint density at radius 3 is 1.05 bits per heavy atom. The fourth-order valence-corrected chi connectivity index (χ4v) is 7.96. The van der Waals surface area contributed by atoms with Crippen LogP contribution in [0.25, 0.3) is 0 Å². The minimum Gasteiger partial charge on any atom is -0.726 e. The average molecular weight is 1140 g/mol. The van der Waals surface area contributed by atoms with Crippen LogP contribution in [0.1, 0.15) is 109 Å². The summed E-state index contributed by atoms with van der Waals surface area (Å²) in [5, 5.41) is 32.2. The molecule has 0 aromatic rings. The Balaban J connectivity index is 6.79. The monoisotopic (exact) mass is 1140 g/mol. The maximum Gasteiger partial charge on any atom is 0.408 e. The van der Waals surface area contributed by atoms with Crippen molar-refractivity contribution < 1.29 is 111 Å². The van der Waals surface area contributed by atoms with Gasteiger partial charge in [-0.1, -0.05) is 21.6 Å². The molecule has 0 radical (unpaired) electrons. The molecule has 0 rings (SSSR count). The van der Waals surface area contributed by atoms with Crippen molar-refractivity contribution in [3.63, 3.8) is 0 Å². The number of amides is 6. The number of nitrogens with one attached hydrogen (secondary N) is 6. The van der Waals surface area contributed by atoms with E-state index in [9.17, 15) is 79.5 Å². The van der Waals surface area contributed by atoms with Gasteiger partial charge in [0, 0.05) is 24.3 Å². The second-order valence-electron chi connectivity index (χ2n) is 19.6. The molecule has 0 aliphatic carbocycles. The van der Waals surface area contributed by atoms with Crippen molar-refractivity contribution >= 4 is 102 Å². The number of rotatable bonds is 29. The standard InChI is InChI=1S/C40H68N6O24S4/c1-37(2,3)67-33(55)21(45-35(57)69-39(7,8)9)13-15-27(47)41-25(29(49)43-23(31(51)52)17-65-73(59,60)61)19-71-72-20-26(30(50)44-24(32(53)54)18-66-74(62,63)64)42-28(48)16-14-22(34(56)68-38(4,5)6)46-36(58)70-40(10,11)12/h21-26H,13-20H2,1-12H3,(H,41,47)(H,42,48)(H,43,49)(H,44,50)(H,45,57)(H,46,58)(H,51,52)(H,53,54)(H,59,60,61)(H,62,63,64)/p-1/t21-,22-,23-,24-,25-,26-/m0/s1. The summed E-state index contributed by atoms with van der Waals surface area (Å²) in [5.41, 5.74) is -4.16. The summed E-state index contributed by atoms with van der Waals surface area (Å²) in [6.45, 7) is 15.7. The highest BCUT2D eigenvalue weighted by Crippen LogP contribution is 2.24. The van der Waals surface area contributed by atoms with Crippen molar-refractivity contribution in [2.45, 2.75) is 167 Å². The summed E-state index contributed by atoms with van der Waals surface area (Å²) in [4.78, 5) is 129. The lowest BCUT2D eigenvalue weighted by Crippen LogP contribution is -2.54. The zero-order chi connectivity index (χ0) is 57.8. The lowest BCUT2D eigenvalue weighted by atomic mass is 10.1. The third kappa shape index (κ3) is 34.3. The van der Waals surface area contributed by atoms with Gasteiger partial charge in [-0.3, -0.25) is 27.9 Å². The molecular formula is C40H67N6O24S4-. The first kappa shape index (κ1) is 68.7. The number of carboxylic acid groups (broad SMARTS) is 2. The predicted molar refractivity (Wildman–Crippen MR) is 258 cm³/mol. The van der Waals surface area contributed by atoms with E-state index >= 15 is 0 Å². The number of aliphatic carboxylic acids is 2. The molecule has 0 unspecified atom stereocenters. The quantitative estimate of drug-likeness (QED) is 0.0117. The molecule has 0 heterocycles. The van der Waals surface area contributed by atoms with Crippen molar-refractivity contribution in [3.05, 3.63) is 0 Å². The number of alkyl carbamates (subject to hydrolysis) is 2. The number of hydrogen-bond donors (Lipinski definition) is 9. The van der Waals surface area contributed by atoms with Gasteiger partial charge >= 0.3 is 46.5 Å². The minimum atomic E-state index is -5.48. The van der Waals surface area contributed by atoms with Gasteiger partial charge in [-0.2, -0.15) is 8.42 Å². The van der Waals surface area contributed by atoms with Gasteiger partial charge in [0.1, 0.15) is 46.6 Å². The van der Waals surface area contributed by atoms with Crippen LogP contribution in [-0.2, 0) is 86.5 Å². The summed E-state index contributed by atoms with van der Waals surface area (Å²) < 4.78 is 93.7. The van der Waals surface area contributed by atoms with E-state index in [2.05, 4.69) is 29.6 Å². The molecule has 6 amide bonds. The van der Waals surface area contributed by atoms with Crippen molar-refractivity contribution in [1.82, 2.24) is 31.9 Å². The van der Waals surface area contributed by atoms with Crippen LogP contribution < -0.4 is 31.9 Å². The van der Waals surface area contributed by atoms with E-state index in [1.54, 1.807) is 20.8 Å². The zero-order valence-corrected chi connectivity index (χ0v) is 45.9. The number of carbonyl (C=O) groups is 10. The molecule has 0 aromatic carbocycles. The Hall–Kier alpha value is -5.26. The summed E-state index contributed by atoms with van der Waals surface area (Å²) in [6, 6.07) is -10.9. The topological polar surface area (TPSA) is 450 Å². The van der Waals surface area contributed by atoms with Crippen LogP contribution >= 0.6 is 21.6 Å². The third-order valence-corrected chi connectivity index (χ3v) is 11.2. The van der Waals surface area contributed by atoms with Gasteiger partial charge in [-0.15, -0.1) is 0 Å². The highest BCUT2D eigenvalue weighted by atomic mass is 33.1. The SMILES string of the molecule is CC(C)(C)OC(=O)N[C@@H](CCC(=O)N[C@@H](CSSC[C@H](NC(=O)CC[C@H](NC(=O)OC(C)(C)C)C(=O)OC(C)(C)C)C(=O)N[C@@H](COS(=O)(=O)O)C(=O)O)C(=O)N[C@@H](COS(=O)(=O)[O-])C(=O)O)C(=O)OC(C)(C)C. The Kier molecular flexibility index (Phi) is 27.6. The second-order valence-corrected chi connectivity index (χ2v) is 24.3. The number of esters is 2. The van der Waals surface area contributed by atoms with Crippen LogP contribution in [0.4, 0.5) is 9.59 Å². The van der Waals surface area contributed by atoms with Crippen LogP contribution in [0.15, 0.2) is 0 Å². The highest BCUT2D eigenvalue weighted by molar-refractivity contribution is 8.76. The molecule has 0 bridgehead atoms. The average Bonchev–Trinajstić information content (AvgIpc) is 3.17. The molecule has 0 aromatic heterocycles. The number of ether oxygens (including phenoxy) is 4. The van der Waals surface area contributed by atoms with Crippen molar-refractivity contribution in [2.24, 2.45) is 0 Å². The lowest BCUT2D eigenvalue weighted by molar-refractivity contribution is -0.158. The number of carbonyl (C=O) groups excluding carboxylic acids is 8. The first-order chi connectivity index (χ1) is 33.3. The van der Waals surface area contributed by atoms with E-state index in [1.165, 1.54) is 62.3 Å². The molecule has 0 saturated heterocycles. The Labute approximate surface area is 435 Å². The van der Waals surface area contributed by atoms with Crippen LogP contribution in [0.2, 0.25) is 0 Å². The van der Waals surface area contributed by atoms with Gasteiger partial charge < -0.3 is 65.6 Å². The lowest BCUT2D eigenvalue weighted by Gasteiger charge is -2.26. The van der Waals surface area contributed by atoms with Gasteiger partial charge in [-0.25, -0.2) is 41.4 Å². The third-order valence-electron chi connectivity index (χ3n) is 7.93. The Morgan fingerprint density at radius 2 is 0.784 bits per heavy atom. The molecule has 34 heteroatoms. The summed E-state index contributed by atoms with van der Waals surface area (Å²) in [6.07, 6.45) is -4.32. The fraction of sp³-hybridized carbons (Fsp3) is 0.750. The molecule has 426 valence electrons. The summed E-state index contributed by atoms with van der Waals surface area (Å²) in [7, 11) is -9.41. The van der Waals surface area contributed by atoms with Crippen LogP contribution in [0.3, 0.4) is 0 Å². The maximum atomic E-state index is 13.5. The van der Waals surface area contributed by atoms with Crippen molar-refractivity contribution in [3.8, 4) is 0 Å². The smallest absolute Gasteiger partial charge is 0.408 e. The van der Waals surface area contributed by atoms with E-state index in [1.807, 2.05) is 10.6 Å². The first-order valence-electron chi connectivity index (χ1n) is 21.9. The van der Waals surface area contributed by atoms with E-state index in [-0.39, 0.29) is 0 Å². The van der Waals surface area contributed by atoms with Crippen LogP contribution in [-0.4, -0.2) is 179 Å². The molecule has 9 N–H and O–H groups in total. The Morgan fingerprint density at radius 1 is 0.473 bits per heavy atom. The molecular weight excluding hydrogens is 1080 g/mol. The normalized spacial score (nSPS) is 14.7. The van der Waals surface area contributed by atoms with E-state index < -0.39 is 190 Å². The highest BCUT2D eigenvalue weighted by Gasteiger charge is 2.34. The summed E-state index contributed by atoms with van der Waals surface area (Å²) in [5.74, 6) is -11.5. The van der Waals surface area contributed by atoms with E-state index in [0.717, 1.165) is 0 Å². The fourth-order valence-electron chi connectivity index (χ4n) is 5.02. The molecule has 0 fully saturated rings. The van der Waals surface area contributed by atoms with Crippen LogP contribution in [0.5, 0.6) is 0 Å². The second kappa shape index (κ2) is 29.7. The van der Waals surface area contributed by atoms with Gasteiger partial charge in [0.05, 0.1) is 13.2 Å². The maximum absolute atomic E-state index is 13.5. The Bertz CT molecular complexity index is 2070. The predicted octanol–water partition coefficient (Wildman–Crippen LogP) is -0.197. The molecule has 0 aliphatic heterocycles. The van der Waals surface area contributed by atoms with Crippen molar-refractivity contribution in [2.75, 3.05) is 24.7 Å². The van der Waals surface area contributed by atoms with Gasteiger partial charge in [-0.05, 0) is 95.9 Å². The molecule has 6 atom stereocenters. The molecule has 30 nitrogen and oxygen atoms in total. The first-order valence-corrected chi connectivity index (χ1v) is 27.1. The molecule has 0 aliphatic rings. The largest absolute Gasteiger partial charge is 0.726 e. The number of carboxylic acids is 2.